The molecule has 0 spiro atoms. The lowest BCUT2D eigenvalue weighted by Gasteiger charge is -2.36. The molecule has 1 heterocycles. The Kier molecular flexibility index (Phi) is 5.63. The SMILES string of the molecule is CC(C)(C)c1cc([C@H](CO)N2CCNCC2)cc(C(C)(C)C)c1O. The largest absolute Gasteiger partial charge is 0.507 e. The number of hydrogen-bond acceptors (Lipinski definition) is 4. The molecule has 1 aromatic rings. The van der Waals surface area contributed by atoms with Gasteiger partial charge in [-0.2, -0.15) is 0 Å². The lowest BCUT2D eigenvalue weighted by atomic mass is 9.77. The minimum atomic E-state index is -0.149. The van der Waals surface area contributed by atoms with Crippen LogP contribution in [0, 0.1) is 0 Å². The highest BCUT2D eigenvalue weighted by molar-refractivity contribution is 5.50. The first-order valence-electron chi connectivity index (χ1n) is 8.99. The Morgan fingerprint density at radius 3 is 1.83 bits per heavy atom. The van der Waals surface area contributed by atoms with E-state index in [4.69, 9.17) is 0 Å². The number of aliphatic hydroxyl groups is 1. The number of nitrogens with zero attached hydrogens (tertiary/aromatic N) is 1. The van der Waals surface area contributed by atoms with E-state index in [1.807, 2.05) is 0 Å². The molecule has 1 atom stereocenters. The highest BCUT2D eigenvalue weighted by Gasteiger charge is 2.30. The van der Waals surface area contributed by atoms with Crippen LogP contribution < -0.4 is 5.32 Å². The number of phenols is 1. The van der Waals surface area contributed by atoms with Crippen molar-refractivity contribution in [3.63, 3.8) is 0 Å². The molecule has 3 N–H and O–H groups in total. The van der Waals surface area contributed by atoms with Crippen LogP contribution in [0.4, 0.5) is 0 Å². The van der Waals surface area contributed by atoms with Gasteiger partial charge in [-0.05, 0) is 39.7 Å². The third-order valence-corrected chi connectivity index (χ3v) is 4.90. The fraction of sp³-hybridized carbons (Fsp3) is 0.700. The van der Waals surface area contributed by atoms with E-state index in [1.54, 1.807) is 0 Å². The lowest BCUT2D eigenvalue weighted by Crippen LogP contribution is -2.46. The van der Waals surface area contributed by atoms with Crippen molar-refractivity contribution in [2.45, 2.75) is 58.4 Å². The number of hydrogen-bond donors (Lipinski definition) is 3. The molecule has 0 saturated carbocycles. The van der Waals surface area contributed by atoms with Gasteiger partial charge in [0.15, 0.2) is 0 Å². The molecule has 1 aliphatic heterocycles. The van der Waals surface area contributed by atoms with Crippen LogP contribution in [0.3, 0.4) is 0 Å². The molecule has 1 fully saturated rings. The van der Waals surface area contributed by atoms with Gasteiger partial charge in [0.2, 0.25) is 0 Å². The number of benzene rings is 1. The van der Waals surface area contributed by atoms with Gasteiger partial charge in [-0.25, -0.2) is 0 Å². The smallest absolute Gasteiger partial charge is 0.123 e. The minimum Gasteiger partial charge on any atom is -0.507 e. The van der Waals surface area contributed by atoms with Crippen LogP contribution in [0.1, 0.15) is 64.3 Å². The Hall–Kier alpha value is -1.10. The van der Waals surface area contributed by atoms with Crippen LogP contribution in [-0.2, 0) is 10.8 Å². The first-order chi connectivity index (χ1) is 11.1. The number of rotatable bonds is 3. The number of aliphatic hydroxyl groups excluding tert-OH is 1. The average molecular weight is 335 g/mol. The Bertz CT molecular complexity index is 529. The summed E-state index contributed by atoms with van der Waals surface area (Å²) in [6, 6.07) is 4.16. The molecule has 0 radical (unpaired) electrons. The van der Waals surface area contributed by atoms with Gasteiger partial charge < -0.3 is 15.5 Å². The van der Waals surface area contributed by atoms with Gasteiger partial charge in [0.1, 0.15) is 5.75 Å². The first-order valence-corrected chi connectivity index (χ1v) is 8.99. The second kappa shape index (κ2) is 7.03. The fourth-order valence-electron chi connectivity index (χ4n) is 3.42. The summed E-state index contributed by atoms with van der Waals surface area (Å²) in [6.45, 7) is 16.6. The molecule has 0 bridgehead atoms. The van der Waals surface area contributed by atoms with Gasteiger partial charge in [0.05, 0.1) is 12.6 Å². The van der Waals surface area contributed by atoms with Crippen molar-refractivity contribution in [3.05, 3.63) is 28.8 Å². The zero-order chi connectivity index (χ0) is 18.1. The zero-order valence-corrected chi connectivity index (χ0v) is 16.1. The second-order valence-electron chi connectivity index (χ2n) is 8.95. The van der Waals surface area contributed by atoms with Crippen molar-refractivity contribution in [1.82, 2.24) is 10.2 Å². The summed E-state index contributed by atoms with van der Waals surface area (Å²) in [5.41, 5.74) is 2.72. The maximum atomic E-state index is 10.9. The quantitative estimate of drug-likeness (QED) is 0.795. The molecule has 0 amide bonds. The van der Waals surface area contributed by atoms with E-state index in [0.717, 1.165) is 42.9 Å². The Labute approximate surface area is 146 Å². The van der Waals surface area contributed by atoms with E-state index in [2.05, 4.69) is 63.9 Å². The zero-order valence-electron chi connectivity index (χ0n) is 16.1. The van der Waals surface area contributed by atoms with Gasteiger partial charge in [-0.15, -0.1) is 0 Å². The highest BCUT2D eigenvalue weighted by atomic mass is 16.3. The maximum Gasteiger partial charge on any atom is 0.123 e. The molecule has 1 saturated heterocycles. The third-order valence-electron chi connectivity index (χ3n) is 4.90. The Balaban J connectivity index is 2.56. The van der Waals surface area contributed by atoms with Crippen LogP contribution in [0.2, 0.25) is 0 Å². The van der Waals surface area contributed by atoms with E-state index in [1.165, 1.54) is 0 Å². The molecular weight excluding hydrogens is 300 g/mol. The fourth-order valence-corrected chi connectivity index (χ4v) is 3.42. The molecule has 0 unspecified atom stereocenters. The molecule has 2 rings (SSSR count). The normalized spacial score (nSPS) is 18.6. The van der Waals surface area contributed by atoms with E-state index < -0.39 is 0 Å². The summed E-state index contributed by atoms with van der Waals surface area (Å²) >= 11 is 0. The maximum absolute atomic E-state index is 10.9. The minimum absolute atomic E-state index is 0.0186. The van der Waals surface area contributed by atoms with Gasteiger partial charge in [-0.3, -0.25) is 4.90 Å². The molecule has 4 heteroatoms. The molecule has 24 heavy (non-hydrogen) atoms. The molecule has 4 nitrogen and oxygen atoms in total. The summed E-state index contributed by atoms with van der Waals surface area (Å²) in [5.74, 6) is 0.399. The molecule has 136 valence electrons. The van der Waals surface area contributed by atoms with Crippen molar-refractivity contribution in [2.75, 3.05) is 32.8 Å². The predicted octanol–water partition coefficient (Wildman–Crippen LogP) is 2.93. The van der Waals surface area contributed by atoms with Crippen molar-refractivity contribution in [1.29, 1.82) is 0 Å². The van der Waals surface area contributed by atoms with Crippen molar-refractivity contribution < 1.29 is 10.2 Å². The average Bonchev–Trinajstić information content (AvgIpc) is 2.48. The summed E-state index contributed by atoms with van der Waals surface area (Å²) in [4.78, 5) is 2.34. The van der Waals surface area contributed by atoms with Gasteiger partial charge >= 0.3 is 0 Å². The standard InChI is InChI=1S/C20H34N2O2/c1-19(2,3)15-11-14(12-16(18(15)24)20(4,5)6)17(13-23)22-9-7-21-8-10-22/h11-12,17,21,23-24H,7-10,13H2,1-6H3/t17-/m0/s1. The molecule has 0 aromatic heterocycles. The monoisotopic (exact) mass is 334 g/mol. The van der Waals surface area contributed by atoms with Crippen LogP contribution in [0.25, 0.3) is 0 Å². The summed E-state index contributed by atoms with van der Waals surface area (Å²) in [6.07, 6.45) is 0. The van der Waals surface area contributed by atoms with Crippen molar-refractivity contribution in [3.8, 4) is 5.75 Å². The summed E-state index contributed by atoms with van der Waals surface area (Å²) < 4.78 is 0. The Morgan fingerprint density at radius 1 is 1.00 bits per heavy atom. The van der Waals surface area contributed by atoms with Crippen LogP contribution in [0.5, 0.6) is 5.75 Å². The van der Waals surface area contributed by atoms with Crippen LogP contribution in [0.15, 0.2) is 12.1 Å². The van der Waals surface area contributed by atoms with Gasteiger partial charge in [0.25, 0.3) is 0 Å². The molecule has 1 aliphatic rings. The Morgan fingerprint density at radius 2 is 1.46 bits per heavy atom. The third kappa shape index (κ3) is 4.11. The van der Waals surface area contributed by atoms with E-state index in [-0.39, 0.29) is 23.5 Å². The number of nitrogens with one attached hydrogen (secondary N) is 1. The van der Waals surface area contributed by atoms with E-state index in [0.29, 0.717) is 5.75 Å². The van der Waals surface area contributed by atoms with E-state index >= 15 is 0 Å². The molecule has 1 aromatic carbocycles. The topological polar surface area (TPSA) is 55.7 Å². The first kappa shape index (κ1) is 19.2. The number of phenolic OH excluding ortho intramolecular Hbond substituents is 1. The summed E-state index contributed by atoms with van der Waals surface area (Å²) in [5, 5.41) is 24.3. The predicted molar refractivity (Wildman–Crippen MR) is 99.8 cm³/mol. The van der Waals surface area contributed by atoms with Crippen LogP contribution in [-0.4, -0.2) is 47.9 Å². The van der Waals surface area contributed by atoms with Gasteiger partial charge in [0, 0.05) is 26.2 Å². The number of aromatic hydroxyl groups is 1. The van der Waals surface area contributed by atoms with Crippen molar-refractivity contribution >= 4 is 0 Å². The van der Waals surface area contributed by atoms with Gasteiger partial charge in [-0.1, -0.05) is 41.5 Å². The van der Waals surface area contributed by atoms with Crippen LogP contribution >= 0.6 is 0 Å². The second-order valence-corrected chi connectivity index (χ2v) is 8.95. The lowest BCUT2D eigenvalue weighted by molar-refractivity contribution is 0.110. The number of piperazine rings is 1. The van der Waals surface area contributed by atoms with Crippen molar-refractivity contribution in [2.24, 2.45) is 0 Å². The molecular formula is C20H34N2O2. The molecule has 0 aliphatic carbocycles. The van der Waals surface area contributed by atoms with E-state index in [9.17, 15) is 10.2 Å². The highest BCUT2D eigenvalue weighted by Crippen LogP contribution is 2.41. The summed E-state index contributed by atoms with van der Waals surface area (Å²) in [7, 11) is 0.